The lowest BCUT2D eigenvalue weighted by atomic mass is 10.0. The molecular weight excluding hydrogens is 615 g/mol. The van der Waals surface area contributed by atoms with Crippen LogP contribution in [-0.4, -0.2) is 56.1 Å². The smallest absolute Gasteiger partial charge is 0.399 e. The van der Waals surface area contributed by atoms with Gasteiger partial charge in [-0.15, -0.1) is 0 Å². The number of nitrogens with one attached hydrogen (secondary N) is 1. The Bertz CT molecular complexity index is 1990. The van der Waals surface area contributed by atoms with Gasteiger partial charge in [0, 0.05) is 28.4 Å². The lowest BCUT2D eigenvalue weighted by molar-refractivity contribution is -0.169. The predicted molar refractivity (Wildman–Crippen MR) is 161 cm³/mol. The van der Waals surface area contributed by atoms with E-state index in [1.165, 1.54) is 48.5 Å². The summed E-state index contributed by atoms with van der Waals surface area (Å²) >= 11 is 0. The Morgan fingerprint density at radius 2 is 1.61 bits per heavy atom. The molecule has 1 amide bonds. The molecule has 15 heteroatoms. The van der Waals surface area contributed by atoms with Crippen molar-refractivity contribution in [1.82, 2.24) is 14.5 Å². The molecule has 5 rings (SSSR count). The fraction of sp³-hybridized carbons (Fsp3) is 0.161. The molecule has 0 bridgehead atoms. The summed E-state index contributed by atoms with van der Waals surface area (Å²) in [4.78, 5) is 35.0. The van der Waals surface area contributed by atoms with Crippen molar-refractivity contribution in [2.24, 2.45) is 0 Å². The summed E-state index contributed by atoms with van der Waals surface area (Å²) in [6, 6.07) is 13.5. The Morgan fingerprint density at radius 3 is 2.24 bits per heavy atom. The third-order valence-electron chi connectivity index (χ3n) is 6.99. The van der Waals surface area contributed by atoms with Gasteiger partial charge in [-0.3, -0.25) is 19.1 Å². The quantitative estimate of drug-likeness (QED) is 0.142. The minimum Gasteiger partial charge on any atom is -0.399 e. The van der Waals surface area contributed by atoms with Crippen molar-refractivity contribution in [2.75, 3.05) is 29.2 Å². The molecule has 0 aliphatic heterocycles. The van der Waals surface area contributed by atoms with Gasteiger partial charge in [-0.2, -0.15) is 18.2 Å². The van der Waals surface area contributed by atoms with Crippen LogP contribution in [0.25, 0.3) is 28.0 Å². The van der Waals surface area contributed by atoms with Crippen molar-refractivity contribution in [3.63, 3.8) is 0 Å². The number of nitrogens with two attached hydrogens (primary N) is 1. The number of aliphatic hydroxyl groups is 2. The topological polar surface area (TPSA) is 147 Å². The van der Waals surface area contributed by atoms with E-state index >= 15 is 0 Å². The van der Waals surface area contributed by atoms with Crippen LogP contribution in [0, 0.1) is 18.6 Å². The number of aryl methyl sites for hydroxylation is 1. The summed E-state index contributed by atoms with van der Waals surface area (Å²) in [6.07, 6.45) is -5.28. The highest BCUT2D eigenvalue weighted by atomic mass is 19.4. The minimum atomic E-state index is -5.28. The Kier molecular flexibility index (Phi) is 8.72. The first-order valence-corrected chi connectivity index (χ1v) is 13.6. The van der Waals surface area contributed by atoms with Crippen LogP contribution in [0.1, 0.15) is 5.56 Å². The summed E-state index contributed by atoms with van der Waals surface area (Å²) < 4.78 is 72.2. The van der Waals surface area contributed by atoms with E-state index in [4.69, 9.17) is 5.73 Å². The number of aliphatic hydroxyl groups excluding tert-OH is 2. The third kappa shape index (κ3) is 6.09. The van der Waals surface area contributed by atoms with E-state index in [0.717, 1.165) is 24.3 Å². The molecule has 0 saturated carbocycles. The standard InChI is InChI=1S/C31H25F5N6O4/c1-16-8-9-20(41(29(46)31(34,35)36)19-5-2-4-17(37)12-19)13-22(16)26-21-10-11-25(45)42(27-23(32)6-3-7-24(27)33)28(21)40-30(39-26)38-18(14-43)15-44/h2-13,18,43-44H,14-15,37H2,1H3,(H,38,39,40). The second kappa shape index (κ2) is 12.5. The zero-order valence-electron chi connectivity index (χ0n) is 23.9. The number of carbonyl (C=O) groups is 1. The number of alkyl halides is 3. The van der Waals surface area contributed by atoms with Crippen LogP contribution in [-0.2, 0) is 4.79 Å². The van der Waals surface area contributed by atoms with Crippen molar-refractivity contribution in [2.45, 2.75) is 19.1 Å². The van der Waals surface area contributed by atoms with Gasteiger partial charge in [0.1, 0.15) is 17.3 Å². The Morgan fingerprint density at radius 1 is 0.957 bits per heavy atom. The van der Waals surface area contributed by atoms with Crippen molar-refractivity contribution < 1.29 is 37.0 Å². The number of rotatable bonds is 8. The Labute approximate surface area is 257 Å². The van der Waals surface area contributed by atoms with Crippen LogP contribution in [0.4, 0.5) is 45.0 Å². The summed E-state index contributed by atoms with van der Waals surface area (Å²) in [5.74, 6) is -4.68. The summed E-state index contributed by atoms with van der Waals surface area (Å²) in [5.41, 5.74) is 4.16. The fourth-order valence-electron chi connectivity index (χ4n) is 4.81. The van der Waals surface area contributed by atoms with Crippen molar-refractivity contribution in [3.8, 4) is 16.9 Å². The van der Waals surface area contributed by atoms with Gasteiger partial charge in [0.05, 0.1) is 30.6 Å². The van der Waals surface area contributed by atoms with Crippen LogP contribution in [0.3, 0.4) is 0 Å². The highest BCUT2D eigenvalue weighted by Crippen LogP contribution is 2.37. The maximum atomic E-state index is 15.0. The lowest BCUT2D eigenvalue weighted by Crippen LogP contribution is -2.38. The first-order valence-electron chi connectivity index (χ1n) is 13.6. The molecule has 46 heavy (non-hydrogen) atoms. The van der Waals surface area contributed by atoms with Crippen molar-refractivity contribution in [3.05, 3.63) is 100 Å². The molecular formula is C31H25F5N6O4. The summed E-state index contributed by atoms with van der Waals surface area (Å²) in [7, 11) is 0. The molecule has 3 aromatic carbocycles. The van der Waals surface area contributed by atoms with Gasteiger partial charge in [-0.05, 0) is 61.0 Å². The van der Waals surface area contributed by atoms with Gasteiger partial charge in [0.25, 0.3) is 5.56 Å². The van der Waals surface area contributed by atoms with Gasteiger partial charge < -0.3 is 21.3 Å². The van der Waals surface area contributed by atoms with Gasteiger partial charge >= 0.3 is 12.1 Å². The van der Waals surface area contributed by atoms with E-state index in [0.29, 0.717) is 15.0 Å². The zero-order valence-corrected chi connectivity index (χ0v) is 23.9. The molecule has 0 fully saturated rings. The molecule has 0 unspecified atom stereocenters. The monoisotopic (exact) mass is 640 g/mol. The number of anilines is 4. The number of halogens is 5. The number of para-hydroxylation sites is 1. The Balaban J connectivity index is 1.83. The van der Waals surface area contributed by atoms with E-state index in [1.807, 2.05) is 0 Å². The molecule has 0 saturated heterocycles. The highest BCUT2D eigenvalue weighted by Gasteiger charge is 2.44. The van der Waals surface area contributed by atoms with Crippen LogP contribution in [0.2, 0.25) is 0 Å². The van der Waals surface area contributed by atoms with Gasteiger partial charge in [0.2, 0.25) is 5.95 Å². The molecule has 5 N–H and O–H groups in total. The molecule has 2 aromatic heterocycles. The number of amides is 1. The fourth-order valence-corrected chi connectivity index (χ4v) is 4.81. The molecule has 0 atom stereocenters. The first-order chi connectivity index (χ1) is 21.8. The van der Waals surface area contributed by atoms with E-state index in [-0.39, 0.29) is 45.3 Å². The molecule has 0 spiro atoms. The number of carbonyl (C=O) groups excluding carboxylic acids is 1. The number of fused-ring (bicyclic) bond motifs is 1. The van der Waals surface area contributed by atoms with E-state index in [1.54, 1.807) is 6.92 Å². The number of nitrogens with zero attached hydrogens (tertiary/aromatic N) is 4. The molecule has 0 radical (unpaired) electrons. The van der Waals surface area contributed by atoms with Gasteiger partial charge in [-0.1, -0.05) is 18.2 Å². The van der Waals surface area contributed by atoms with Crippen LogP contribution in [0.5, 0.6) is 0 Å². The maximum absolute atomic E-state index is 15.0. The zero-order chi connectivity index (χ0) is 33.3. The second-order valence-electron chi connectivity index (χ2n) is 10.1. The average molecular weight is 641 g/mol. The van der Waals surface area contributed by atoms with Crippen molar-refractivity contribution >= 4 is 40.0 Å². The average Bonchev–Trinajstić information content (AvgIpc) is 3.01. The summed E-state index contributed by atoms with van der Waals surface area (Å²) in [5, 5.41) is 22.0. The minimum absolute atomic E-state index is 0.0149. The molecule has 10 nitrogen and oxygen atoms in total. The SMILES string of the molecule is Cc1ccc(N(C(=O)C(F)(F)F)c2cccc(N)c2)cc1-c1nc(NC(CO)CO)nc2c1ccc(=O)n2-c1c(F)cccc1F. The maximum Gasteiger partial charge on any atom is 0.472 e. The largest absolute Gasteiger partial charge is 0.472 e. The van der Waals surface area contributed by atoms with Crippen molar-refractivity contribution in [1.29, 1.82) is 0 Å². The second-order valence-corrected chi connectivity index (χ2v) is 10.1. The third-order valence-corrected chi connectivity index (χ3v) is 6.99. The number of hydrogen-bond donors (Lipinski definition) is 4. The van der Waals surface area contributed by atoms with E-state index < -0.39 is 54.2 Å². The van der Waals surface area contributed by atoms with Crippen LogP contribution >= 0.6 is 0 Å². The molecule has 0 aliphatic rings. The molecule has 2 heterocycles. The van der Waals surface area contributed by atoms with Gasteiger partial charge in [-0.25, -0.2) is 13.8 Å². The number of benzene rings is 3. The Hall–Kier alpha value is -5.41. The normalized spacial score (nSPS) is 11.7. The van der Waals surface area contributed by atoms with Crippen LogP contribution in [0.15, 0.2) is 77.6 Å². The number of hydrogen-bond acceptors (Lipinski definition) is 8. The van der Waals surface area contributed by atoms with Gasteiger partial charge in [0.15, 0.2) is 5.65 Å². The van der Waals surface area contributed by atoms with E-state index in [9.17, 15) is 41.8 Å². The lowest BCUT2D eigenvalue weighted by Gasteiger charge is -2.25. The number of pyridine rings is 1. The van der Waals surface area contributed by atoms with Crippen LogP contribution < -0.4 is 21.5 Å². The molecule has 5 aromatic rings. The molecule has 0 aliphatic carbocycles. The summed E-state index contributed by atoms with van der Waals surface area (Å²) in [6.45, 7) is 0.438. The van der Waals surface area contributed by atoms with E-state index in [2.05, 4.69) is 15.3 Å². The molecule has 238 valence electrons. The number of nitrogen functional groups attached to an aromatic ring is 1. The first kappa shape index (κ1) is 32.0. The number of aromatic nitrogens is 3. The predicted octanol–water partition coefficient (Wildman–Crippen LogP) is 4.61. The highest BCUT2D eigenvalue weighted by molar-refractivity contribution is 6.05.